The quantitative estimate of drug-likeness (QED) is 0.0715. The first-order chi connectivity index (χ1) is 29.7. The summed E-state index contributed by atoms with van der Waals surface area (Å²) in [7, 11) is 11.6. The van der Waals surface area contributed by atoms with Crippen molar-refractivity contribution in [1.82, 2.24) is 0 Å². The van der Waals surface area contributed by atoms with Gasteiger partial charge in [-0.25, -0.2) is 43.7 Å². The van der Waals surface area contributed by atoms with Crippen LogP contribution in [0.4, 0.5) is 14.4 Å². The van der Waals surface area contributed by atoms with Crippen LogP contribution in [0.25, 0.3) is 0 Å². The highest BCUT2D eigenvalue weighted by molar-refractivity contribution is 5.95. The molecule has 0 aliphatic rings. The van der Waals surface area contributed by atoms with Crippen LogP contribution >= 0.6 is 0 Å². The number of benzene rings is 3. The Morgan fingerprint density at radius 2 is 0.597 bits per heavy atom. The Labute approximate surface area is 352 Å². The van der Waals surface area contributed by atoms with Gasteiger partial charge in [-0.1, -0.05) is 0 Å². The zero-order valence-electron chi connectivity index (χ0n) is 34.9. The van der Waals surface area contributed by atoms with Gasteiger partial charge in [0, 0.05) is 0 Å². The van der Waals surface area contributed by atoms with E-state index in [0.717, 1.165) is 0 Å². The Kier molecular flexibility index (Phi) is 18.0. The fourth-order valence-electron chi connectivity index (χ4n) is 5.03. The van der Waals surface area contributed by atoms with E-state index in [1.807, 2.05) is 0 Å². The molecule has 0 N–H and O–H groups in total. The predicted molar refractivity (Wildman–Crippen MR) is 200 cm³/mol. The molecule has 24 heteroatoms. The third-order valence-electron chi connectivity index (χ3n) is 7.94. The minimum Gasteiger partial charge on any atom is -0.493 e. The Bertz CT molecular complexity index is 1850. The van der Waals surface area contributed by atoms with Crippen molar-refractivity contribution in [3.8, 4) is 51.7 Å². The fourth-order valence-corrected chi connectivity index (χ4v) is 5.03. The average molecular weight is 883 g/mol. The Balaban J connectivity index is 1.70. The third-order valence-corrected chi connectivity index (χ3v) is 7.94. The predicted octanol–water partition coefficient (Wildman–Crippen LogP) is 4.85. The molecule has 3 aromatic carbocycles. The highest BCUT2D eigenvalue weighted by Gasteiger charge is 2.34. The van der Waals surface area contributed by atoms with Gasteiger partial charge in [-0.2, -0.15) is 14.4 Å². The molecule has 0 saturated carbocycles. The van der Waals surface area contributed by atoms with E-state index in [2.05, 4.69) is 29.3 Å². The van der Waals surface area contributed by atoms with Crippen LogP contribution < -0.4 is 42.6 Å². The topological polar surface area (TPSA) is 269 Å². The van der Waals surface area contributed by atoms with E-state index in [4.69, 9.17) is 56.8 Å². The summed E-state index contributed by atoms with van der Waals surface area (Å²) in [6.07, 6.45) is -4.82. The van der Waals surface area contributed by atoms with Gasteiger partial charge in [0.25, 0.3) is 0 Å². The normalized spacial score (nSPS) is 10.4. The third kappa shape index (κ3) is 12.1. The van der Waals surface area contributed by atoms with Crippen LogP contribution in [0.15, 0.2) is 36.4 Å². The van der Waals surface area contributed by atoms with E-state index in [9.17, 15) is 28.8 Å². The molecule has 0 fully saturated rings. The summed E-state index contributed by atoms with van der Waals surface area (Å²) in [6, 6.07) is 7.80. The summed E-state index contributed by atoms with van der Waals surface area (Å²) in [5.74, 6) is -3.27. The number of carbonyl (C=O) groups excluding carboxylic acids is 6. The molecule has 0 unspecified atom stereocenters. The van der Waals surface area contributed by atoms with E-state index in [-0.39, 0.29) is 68.4 Å². The SMILES string of the molecule is COc1ccc(C(=O)OOC(=O)OCC(C)(COC(=O)OOC(=O)c2ccc(OC)c(OC)c2OC)COC(=O)OOC(=O)c2ccc(OC)c(OC)c2OC)c(OC)c1OC. The maximum atomic E-state index is 12.8. The monoisotopic (exact) mass is 882 g/mol. The van der Waals surface area contributed by atoms with Crippen molar-refractivity contribution in [3.05, 3.63) is 53.1 Å². The largest absolute Gasteiger partial charge is 0.549 e. The maximum absolute atomic E-state index is 12.8. The molecule has 0 atom stereocenters. The number of methoxy groups -OCH3 is 9. The smallest absolute Gasteiger partial charge is 0.493 e. The van der Waals surface area contributed by atoms with E-state index in [1.165, 1.54) is 107 Å². The lowest BCUT2D eigenvalue weighted by Gasteiger charge is -2.26. The second-order valence-corrected chi connectivity index (χ2v) is 11.9. The van der Waals surface area contributed by atoms with Gasteiger partial charge in [0.05, 0.1) is 69.4 Å². The highest BCUT2D eigenvalue weighted by atomic mass is 17.2. The van der Waals surface area contributed by atoms with E-state index >= 15 is 0 Å². The number of rotatable bonds is 18. The lowest BCUT2D eigenvalue weighted by molar-refractivity contribution is -0.216. The molecule has 24 nitrogen and oxygen atoms in total. The van der Waals surface area contributed by atoms with Crippen LogP contribution in [-0.4, -0.2) is 120 Å². The van der Waals surface area contributed by atoms with Crippen molar-refractivity contribution in [2.75, 3.05) is 83.8 Å². The van der Waals surface area contributed by atoms with Gasteiger partial charge < -0.3 is 56.8 Å². The van der Waals surface area contributed by atoms with Crippen molar-refractivity contribution < 1.29 is 115 Å². The maximum Gasteiger partial charge on any atom is 0.549 e. The summed E-state index contributed by atoms with van der Waals surface area (Å²) in [5, 5.41) is 0. The van der Waals surface area contributed by atoms with Crippen molar-refractivity contribution in [2.24, 2.45) is 5.41 Å². The van der Waals surface area contributed by atoms with E-state index in [1.54, 1.807) is 0 Å². The fraction of sp³-hybridized carbons (Fsp3) is 0.368. The van der Waals surface area contributed by atoms with Crippen LogP contribution in [-0.2, 0) is 43.5 Å². The summed E-state index contributed by atoms with van der Waals surface area (Å²) in [5.41, 5.74) is -2.44. The zero-order valence-corrected chi connectivity index (χ0v) is 34.9. The molecule has 0 aliphatic carbocycles. The Morgan fingerprint density at radius 1 is 0.355 bits per heavy atom. The van der Waals surface area contributed by atoms with Gasteiger partial charge in [0.1, 0.15) is 36.5 Å². The molecule has 0 saturated heterocycles. The van der Waals surface area contributed by atoms with Crippen molar-refractivity contribution in [2.45, 2.75) is 6.92 Å². The van der Waals surface area contributed by atoms with Gasteiger partial charge in [-0.15, -0.1) is 0 Å². The molecule has 3 rings (SSSR count). The van der Waals surface area contributed by atoms with Crippen LogP contribution in [0, 0.1) is 5.41 Å². The van der Waals surface area contributed by atoms with E-state index < -0.39 is 61.6 Å². The molecule has 0 radical (unpaired) electrons. The molecule has 338 valence electrons. The molecule has 0 aliphatic heterocycles. The van der Waals surface area contributed by atoms with Gasteiger partial charge >= 0.3 is 36.4 Å². The van der Waals surface area contributed by atoms with Crippen LogP contribution in [0.3, 0.4) is 0 Å². The number of hydrogen-bond donors (Lipinski definition) is 0. The molecule has 0 aromatic heterocycles. The second-order valence-electron chi connectivity index (χ2n) is 11.9. The standard InChI is InChI=1S/C38H42O24/c1-38(17-54-35(42)60-57-32(39)20-11-14-23(45-2)29(51-8)26(20)48-5,18-55-36(43)61-58-33(40)21-12-15-24(46-3)30(52-9)27(21)49-6)19-56-37(44)62-59-34(41)22-13-16-25(47-4)31(53-10)28(22)50-7/h11-16H,17-19H2,1-10H3. The first kappa shape index (κ1) is 48.4. The number of ether oxygens (including phenoxy) is 12. The molecule has 62 heavy (non-hydrogen) atoms. The van der Waals surface area contributed by atoms with Gasteiger partial charge in [0.15, 0.2) is 34.5 Å². The average Bonchev–Trinajstić information content (AvgIpc) is 3.30. The molecular weight excluding hydrogens is 840 g/mol. The second kappa shape index (κ2) is 23.0. The Hall–Kier alpha value is -7.92. The summed E-state index contributed by atoms with van der Waals surface area (Å²) in [4.78, 5) is 103. The molecule has 0 spiro atoms. The first-order valence-corrected chi connectivity index (χ1v) is 17.2. The van der Waals surface area contributed by atoms with Crippen LogP contribution in [0.2, 0.25) is 0 Å². The minimum atomic E-state index is -1.72. The van der Waals surface area contributed by atoms with Crippen molar-refractivity contribution in [3.63, 3.8) is 0 Å². The van der Waals surface area contributed by atoms with Gasteiger partial charge in [-0.05, 0) is 43.3 Å². The van der Waals surface area contributed by atoms with Gasteiger partial charge in [0.2, 0.25) is 17.2 Å². The van der Waals surface area contributed by atoms with Crippen molar-refractivity contribution in [1.29, 1.82) is 0 Å². The Morgan fingerprint density at radius 3 is 0.806 bits per heavy atom. The van der Waals surface area contributed by atoms with Crippen LogP contribution in [0.5, 0.6) is 51.7 Å². The van der Waals surface area contributed by atoms with Crippen LogP contribution in [0.1, 0.15) is 38.0 Å². The summed E-state index contributed by atoms with van der Waals surface area (Å²) in [6.45, 7) is -1.18. The molecule has 0 bridgehead atoms. The number of hydrogen-bond acceptors (Lipinski definition) is 24. The lowest BCUT2D eigenvalue weighted by Crippen LogP contribution is -2.37. The van der Waals surface area contributed by atoms with E-state index in [0.29, 0.717) is 0 Å². The molecule has 0 heterocycles. The number of carbonyl (C=O) groups is 6. The lowest BCUT2D eigenvalue weighted by atomic mass is 9.94. The zero-order chi connectivity index (χ0) is 46.0. The minimum absolute atomic E-state index is 0.0331. The van der Waals surface area contributed by atoms with Crippen molar-refractivity contribution >= 4 is 36.4 Å². The highest BCUT2D eigenvalue weighted by Crippen LogP contribution is 2.42. The molecule has 0 amide bonds. The first-order valence-electron chi connectivity index (χ1n) is 17.2. The molecular formula is C38H42O24. The summed E-state index contributed by atoms with van der Waals surface area (Å²) < 4.78 is 61.9. The summed E-state index contributed by atoms with van der Waals surface area (Å²) >= 11 is 0. The molecule has 3 aromatic rings. The van der Waals surface area contributed by atoms with Gasteiger partial charge in [-0.3, -0.25) is 0 Å².